The van der Waals surface area contributed by atoms with E-state index in [1.54, 1.807) is 0 Å². The molecular formula is C22H20N2O2. The van der Waals surface area contributed by atoms with Gasteiger partial charge in [-0.3, -0.25) is 9.36 Å². The minimum absolute atomic E-state index is 0.0735. The third-order valence-corrected chi connectivity index (χ3v) is 5.00. The first-order valence-corrected chi connectivity index (χ1v) is 8.77. The molecule has 4 heteroatoms. The van der Waals surface area contributed by atoms with E-state index in [2.05, 4.69) is 19.9 Å². The lowest BCUT2D eigenvalue weighted by Crippen LogP contribution is -2.32. The first-order valence-electron chi connectivity index (χ1n) is 8.77. The summed E-state index contributed by atoms with van der Waals surface area (Å²) >= 11 is 0. The van der Waals surface area contributed by atoms with Gasteiger partial charge in [0.1, 0.15) is 17.4 Å². The van der Waals surface area contributed by atoms with Gasteiger partial charge in [-0.05, 0) is 23.1 Å². The molecular weight excluding hydrogens is 324 g/mol. The summed E-state index contributed by atoms with van der Waals surface area (Å²) in [6, 6.07) is 15.8. The van der Waals surface area contributed by atoms with Gasteiger partial charge in [-0.2, -0.15) is 5.26 Å². The molecule has 0 N–H and O–H groups in total. The van der Waals surface area contributed by atoms with Crippen molar-refractivity contribution in [3.05, 3.63) is 77.3 Å². The quantitative estimate of drug-likeness (QED) is 0.797. The van der Waals surface area contributed by atoms with Gasteiger partial charge >= 0.3 is 0 Å². The molecule has 4 rings (SSSR count). The number of hydrogen-bond acceptors (Lipinski definition) is 3. The highest BCUT2D eigenvalue weighted by atomic mass is 16.5. The molecule has 0 amide bonds. The van der Waals surface area contributed by atoms with Gasteiger partial charge in [0.25, 0.3) is 0 Å². The summed E-state index contributed by atoms with van der Waals surface area (Å²) in [6.07, 6.45) is 4.86. The molecule has 0 spiro atoms. The molecule has 26 heavy (non-hydrogen) atoms. The molecule has 1 aliphatic heterocycles. The van der Waals surface area contributed by atoms with Crippen molar-refractivity contribution >= 4 is 11.7 Å². The van der Waals surface area contributed by atoms with Crippen LogP contribution in [0.2, 0.25) is 0 Å². The highest BCUT2D eigenvalue weighted by Crippen LogP contribution is 2.49. The number of nitrogens with zero attached hydrogens (tertiary/aromatic N) is 2. The monoisotopic (exact) mass is 344 g/mol. The Morgan fingerprint density at radius 1 is 1.12 bits per heavy atom. The van der Waals surface area contributed by atoms with E-state index < -0.39 is 0 Å². The van der Waals surface area contributed by atoms with Crippen molar-refractivity contribution < 1.29 is 9.53 Å². The molecule has 0 bridgehead atoms. The molecule has 0 fully saturated rings. The number of rotatable bonds is 2. The Kier molecular flexibility index (Phi) is 3.81. The third-order valence-electron chi connectivity index (χ3n) is 5.00. The van der Waals surface area contributed by atoms with Gasteiger partial charge in [0, 0.05) is 30.8 Å². The van der Waals surface area contributed by atoms with Gasteiger partial charge in [-0.1, -0.05) is 44.2 Å². The fourth-order valence-electron chi connectivity index (χ4n) is 3.88. The van der Waals surface area contributed by atoms with Crippen LogP contribution in [0.1, 0.15) is 38.2 Å². The Morgan fingerprint density at radius 2 is 1.81 bits per heavy atom. The van der Waals surface area contributed by atoms with Gasteiger partial charge in [0.05, 0.1) is 5.92 Å². The van der Waals surface area contributed by atoms with Crippen molar-refractivity contribution in [1.29, 1.82) is 5.26 Å². The second-order valence-electron chi connectivity index (χ2n) is 7.64. The van der Waals surface area contributed by atoms with E-state index in [4.69, 9.17) is 4.74 Å². The van der Waals surface area contributed by atoms with Crippen LogP contribution in [-0.4, -0.2) is 10.4 Å². The number of aromatic nitrogens is 1. The second-order valence-corrected chi connectivity index (χ2v) is 7.64. The molecule has 2 heterocycles. The molecule has 130 valence electrons. The molecule has 2 aromatic rings. The normalized spacial score (nSPS) is 21.9. The topological polar surface area (TPSA) is 55.0 Å². The summed E-state index contributed by atoms with van der Waals surface area (Å²) in [6.45, 7) is 4.16. The lowest BCUT2D eigenvalue weighted by atomic mass is 9.70. The predicted octanol–water partition coefficient (Wildman–Crippen LogP) is 4.64. The van der Waals surface area contributed by atoms with Crippen LogP contribution in [0, 0.1) is 16.7 Å². The van der Waals surface area contributed by atoms with Crippen molar-refractivity contribution in [1.82, 2.24) is 4.57 Å². The van der Waals surface area contributed by atoms with Crippen LogP contribution < -0.4 is 0 Å². The number of ketones is 1. The molecule has 0 saturated heterocycles. The Hall–Kier alpha value is -3.06. The summed E-state index contributed by atoms with van der Waals surface area (Å²) < 4.78 is 7.98. The van der Waals surface area contributed by atoms with Crippen LogP contribution in [-0.2, 0) is 9.53 Å². The fraction of sp³-hybridized carbons (Fsp3) is 0.273. The van der Waals surface area contributed by atoms with Gasteiger partial charge in [-0.25, -0.2) is 0 Å². The largest absolute Gasteiger partial charge is 0.443 e. The lowest BCUT2D eigenvalue weighted by Gasteiger charge is -2.38. The summed E-state index contributed by atoms with van der Waals surface area (Å²) in [5, 5.41) is 9.94. The molecule has 1 atom stereocenters. The molecule has 1 aromatic heterocycles. The highest BCUT2D eigenvalue weighted by molar-refractivity contribution is 6.00. The average Bonchev–Trinajstić information content (AvgIpc) is 3.14. The van der Waals surface area contributed by atoms with Crippen LogP contribution in [0.15, 0.2) is 71.8 Å². The van der Waals surface area contributed by atoms with Crippen LogP contribution >= 0.6 is 0 Å². The van der Waals surface area contributed by atoms with E-state index in [9.17, 15) is 10.1 Å². The van der Waals surface area contributed by atoms with Gasteiger partial charge < -0.3 is 4.74 Å². The van der Waals surface area contributed by atoms with Crippen molar-refractivity contribution in [2.75, 3.05) is 0 Å². The van der Waals surface area contributed by atoms with Crippen LogP contribution in [0.4, 0.5) is 0 Å². The number of benzene rings is 1. The van der Waals surface area contributed by atoms with E-state index in [0.717, 1.165) is 5.56 Å². The minimum atomic E-state index is -0.383. The molecule has 2 aliphatic rings. The number of allylic oxidation sites excluding steroid dienone is 3. The molecule has 0 saturated carbocycles. The van der Waals surface area contributed by atoms with Crippen molar-refractivity contribution in [3.63, 3.8) is 0 Å². The van der Waals surface area contributed by atoms with E-state index in [-0.39, 0.29) is 17.1 Å². The minimum Gasteiger partial charge on any atom is -0.443 e. The number of nitriles is 1. The van der Waals surface area contributed by atoms with E-state index in [1.807, 2.05) is 59.4 Å². The summed E-state index contributed by atoms with van der Waals surface area (Å²) in [5.41, 5.74) is 1.91. The maximum atomic E-state index is 13.0. The third kappa shape index (κ3) is 2.66. The first-order chi connectivity index (χ1) is 12.5. The molecule has 1 aliphatic carbocycles. The number of Topliss-reactive ketones (excluding diaryl/α,β-unsaturated/α-hetero) is 1. The van der Waals surface area contributed by atoms with E-state index in [0.29, 0.717) is 35.6 Å². The molecule has 1 aromatic carbocycles. The van der Waals surface area contributed by atoms with Crippen molar-refractivity contribution in [2.24, 2.45) is 5.41 Å². The Labute approximate surface area is 153 Å². The van der Waals surface area contributed by atoms with Crippen LogP contribution in [0.3, 0.4) is 0 Å². The zero-order valence-electron chi connectivity index (χ0n) is 14.9. The SMILES string of the molecule is CC1(C)CC(=O)C2=C(C1)OC(n1cccc1)=C(C#N)C2c1ccccc1. The fourth-order valence-corrected chi connectivity index (χ4v) is 3.88. The van der Waals surface area contributed by atoms with Gasteiger partial charge in [0.2, 0.25) is 5.88 Å². The highest BCUT2D eigenvalue weighted by Gasteiger charge is 2.43. The van der Waals surface area contributed by atoms with Gasteiger partial charge in [0.15, 0.2) is 5.78 Å². The summed E-state index contributed by atoms with van der Waals surface area (Å²) in [5.74, 6) is 0.883. The standard InChI is InChI=1S/C22H20N2O2/c1-22(2)12-17(25)20-18(13-22)26-21(24-10-6-7-11-24)16(14-23)19(20)15-8-4-3-5-9-15/h3-11,19H,12-13H2,1-2H3. The zero-order chi connectivity index (χ0) is 18.3. The average molecular weight is 344 g/mol. The maximum Gasteiger partial charge on any atom is 0.218 e. The van der Waals surface area contributed by atoms with Crippen LogP contribution in [0.5, 0.6) is 0 Å². The lowest BCUT2D eigenvalue weighted by molar-refractivity contribution is -0.118. The Balaban J connectivity index is 1.95. The molecule has 0 radical (unpaired) electrons. The number of carbonyl (C=O) groups excluding carboxylic acids is 1. The number of hydrogen-bond donors (Lipinski definition) is 0. The number of carbonyl (C=O) groups is 1. The smallest absolute Gasteiger partial charge is 0.218 e. The Bertz CT molecular complexity index is 957. The van der Waals surface area contributed by atoms with E-state index in [1.165, 1.54) is 0 Å². The van der Waals surface area contributed by atoms with Crippen molar-refractivity contribution in [3.8, 4) is 6.07 Å². The van der Waals surface area contributed by atoms with Crippen molar-refractivity contribution in [2.45, 2.75) is 32.6 Å². The summed E-state index contributed by atoms with van der Waals surface area (Å²) in [7, 11) is 0. The number of ether oxygens (including phenoxy) is 1. The van der Waals surface area contributed by atoms with Gasteiger partial charge in [-0.15, -0.1) is 0 Å². The maximum absolute atomic E-state index is 13.0. The predicted molar refractivity (Wildman–Crippen MR) is 98.6 cm³/mol. The second kappa shape index (κ2) is 6.03. The van der Waals surface area contributed by atoms with E-state index >= 15 is 0 Å². The van der Waals surface area contributed by atoms with Crippen LogP contribution in [0.25, 0.3) is 5.88 Å². The first kappa shape index (κ1) is 16.4. The zero-order valence-corrected chi connectivity index (χ0v) is 14.9. The molecule has 4 nitrogen and oxygen atoms in total. The molecule has 1 unspecified atom stereocenters. The Morgan fingerprint density at radius 3 is 2.46 bits per heavy atom. The summed E-state index contributed by atoms with van der Waals surface area (Å²) in [4.78, 5) is 13.0.